The van der Waals surface area contributed by atoms with E-state index in [1.807, 2.05) is 0 Å². The van der Waals surface area contributed by atoms with E-state index in [1.54, 1.807) is 0 Å². The number of hydrogen-bond acceptors (Lipinski definition) is 6. The highest BCUT2D eigenvalue weighted by atomic mass is 35.5. The summed E-state index contributed by atoms with van der Waals surface area (Å²) in [6, 6.07) is 4.84. The second-order valence-corrected chi connectivity index (χ2v) is 10.2. The number of alkyl halides is 3. The van der Waals surface area contributed by atoms with Gasteiger partial charge in [-0.3, -0.25) is 9.78 Å². The molecule has 1 saturated heterocycles. The fourth-order valence-corrected chi connectivity index (χ4v) is 5.54. The van der Waals surface area contributed by atoms with Crippen molar-refractivity contribution in [3.8, 4) is 11.3 Å². The number of pyridine rings is 1. The van der Waals surface area contributed by atoms with Crippen molar-refractivity contribution >= 4 is 27.5 Å². The van der Waals surface area contributed by atoms with Crippen LogP contribution in [0.25, 0.3) is 11.3 Å². The molecule has 2 aromatic heterocycles. The summed E-state index contributed by atoms with van der Waals surface area (Å²) >= 11 is 6.18. The molecule has 1 unspecified atom stereocenters. The maximum absolute atomic E-state index is 13.2. The number of hydrogen-bond donors (Lipinski definition) is 1. The van der Waals surface area contributed by atoms with Crippen LogP contribution in [-0.4, -0.2) is 46.2 Å². The van der Waals surface area contributed by atoms with Gasteiger partial charge in [0.1, 0.15) is 11.9 Å². The molecule has 4 rings (SSSR count). The number of aromatic nitrogens is 3. The Balaban J connectivity index is 1.48. The molecule has 0 radical (unpaired) electrons. The zero-order valence-corrected chi connectivity index (χ0v) is 19.9. The second-order valence-electron chi connectivity index (χ2n) is 7.90. The minimum absolute atomic E-state index is 0.0877. The van der Waals surface area contributed by atoms with Crippen molar-refractivity contribution in [3.05, 3.63) is 71.2 Å². The van der Waals surface area contributed by atoms with Gasteiger partial charge in [0.25, 0.3) is 0 Å². The quantitative estimate of drug-likeness (QED) is 0.474. The predicted octanol–water partition coefficient (Wildman–Crippen LogP) is 3.82. The van der Waals surface area contributed by atoms with Gasteiger partial charge < -0.3 is 5.32 Å². The number of sulfonamides is 1. The van der Waals surface area contributed by atoms with Gasteiger partial charge in [0.2, 0.25) is 21.8 Å². The fraction of sp³-hybridized carbons (Fsp3) is 0.273. The molecule has 8 nitrogen and oxygen atoms in total. The number of nitrogens with zero attached hydrogens (tertiary/aromatic N) is 4. The first kappa shape index (κ1) is 25.9. The Bertz CT molecular complexity index is 1370. The normalized spacial score (nSPS) is 16.8. The van der Waals surface area contributed by atoms with E-state index in [4.69, 9.17) is 11.6 Å². The average Bonchev–Trinajstić information content (AvgIpc) is 3.34. The van der Waals surface area contributed by atoms with Crippen LogP contribution < -0.4 is 5.32 Å². The lowest BCUT2D eigenvalue weighted by Gasteiger charge is -2.23. The topological polar surface area (TPSA) is 105 Å². The van der Waals surface area contributed by atoms with Crippen LogP contribution in [0.1, 0.15) is 24.2 Å². The van der Waals surface area contributed by atoms with Crippen LogP contribution in [0.4, 0.5) is 17.6 Å². The Labute approximate surface area is 208 Å². The SMILES string of the molecule is O=C(NCc1cc(-c2cnc(C(F)(F)F)nc2)ncc1Cl)C1CCCN1S(=O)(=O)c1ccc(F)cc1. The van der Waals surface area contributed by atoms with Gasteiger partial charge in [0.15, 0.2) is 0 Å². The van der Waals surface area contributed by atoms with E-state index >= 15 is 0 Å². The molecule has 1 amide bonds. The van der Waals surface area contributed by atoms with Crippen molar-refractivity contribution in [1.82, 2.24) is 24.6 Å². The first-order valence-electron chi connectivity index (χ1n) is 10.6. The van der Waals surface area contributed by atoms with E-state index < -0.39 is 39.8 Å². The summed E-state index contributed by atoms with van der Waals surface area (Å²) in [4.78, 5) is 23.5. The third-order valence-corrected chi connectivity index (χ3v) is 7.78. The molecule has 14 heteroatoms. The van der Waals surface area contributed by atoms with Gasteiger partial charge in [0, 0.05) is 37.2 Å². The van der Waals surface area contributed by atoms with Crippen LogP contribution in [0.5, 0.6) is 0 Å². The minimum Gasteiger partial charge on any atom is -0.351 e. The smallest absolute Gasteiger partial charge is 0.351 e. The predicted molar refractivity (Wildman–Crippen MR) is 120 cm³/mol. The summed E-state index contributed by atoms with van der Waals surface area (Å²) in [5.41, 5.74) is 0.846. The lowest BCUT2D eigenvalue weighted by Crippen LogP contribution is -2.45. The molecular weight excluding hydrogens is 526 g/mol. The summed E-state index contributed by atoms with van der Waals surface area (Å²) in [5, 5.41) is 2.84. The van der Waals surface area contributed by atoms with E-state index in [0.717, 1.165) is 41.0 Å². The molecule has 1 N–H and O–H groups in total. The third-order valence-electron chi connectivity index (χ3n) is 5.52. The van der Waals surface area contributed by atoms with Gasteiger partial charge in [0.05, 0.1) is 15.6 Å². The van der Waals surface area contributed by atoms with Crippen molar-refractivity contribution in [3.63, 3.8) is 0 Å². The van der Waals surface area contributed by atoms with E-state index in [2.05, 4.69) is 20.3 Å². The first-order chi connectivity index (χ1) is 17.0. The number of amides is 1. The van der Waals surface area contributed by atoms with E-state index in [9.17, 15) is 30.8 Å². The Hall–Kier alpha value is -3.16. The van der Waals surface area contributed by atoms with Crippen LogP contribution in [0.3, 0.4) is 0 Å². The molecule has 1 fully saturated rings. The number of nitrogens with one attached hydrogen (secondary N) is 1. The van der Waals surface area contributed by atoms with E-state index in [1.165, 1.54) is 12.3 Å². The van der Waals surface area contributed by atoms with Crippen molar-refractivity contribution in [1.29, 1.82) is 0 Å². The lowest BCUT2D eigenvalue weighted by atomic mass is 10.1. The lowest BCUT2D eigenvalue weighted by molar-refractivity contribution is -0.145. The number of carbonyl (C=O) groups excluding carboxylic acids is 1. The number of benzene rings is 1. The van der Waals surface area contributed by atoms with Crippen LogP contribution in [0, 0.1) is 5.82 Å². The standard InChI is InChI=1S/C22H18ClF4N5O3S/c23-17-12-28-18(14-10-30-21(31-11-14)22(25,26)27)8-13(17)9-29-20(33)19-2-1-7-32(19)36(34,35)16-5-3-15(24)4-6-16/h3-6,8,10-12,19H,1-2,7,9H2,(H,29,33). The van der Waals surface area contributed by atoms with Gasteiger partial charge in [-0.2, -0.15) is 17.5 Å². The molecule has 0 bridgehead atoms. The van der Waals surface area contributed by atoms with Gasteiger partial charge in [-0.05, 0) is 48.7 Å². The highest BCUT2D eigenvalue weighted by molar-refractivity contribution is 7.89. The monoisotopic (exact) mass is 543 g/mol. The van der Waals surface area contributed by atoms with Crippen molar-refractivity contribution < 1.29 is 30.8 Å². The molecule has 1 aliphatic rings. The molecule has 3 heterocycles. The summed E-state index contributed by atoms with van der Waals surface area (Å²) < 4.78 is 78.4. The second kappa shape index (κ2) is 10.1. The molecule has 36 heavy (non-hydrogen) atoms. The maximum atomic E-state index is 13.2. The molecular formula is C22H18ClF4N5O3S. The molecule has 3 aromatic rings. The minimum atomic E-state index is -4.68. The summed E-state index contributed by atoms with van der Waals surface area (Å²) in [5.74, 6) is -2.42. The summed E-state index contributed by atoms with van der Waals surface area (Å²) in [6.45, 7) is 0.0431. The van der Waals surface area contributed by atoms with Crippen molar-refractivity contribution in [2.24, 2.45) is 0 Å². The van der Waals surface area contributed by atoms with Crippen LogP contribution in [-0.2, 0) is 27.5 Å². The summed E-state index contributed by atoms with van der Waals surface area (Å²) in [6.07, 6.45) is -0.691. The van der Waals surface area contributed by atoms with Crippen LogP contribution in [0.2, 0.25) is 5.02 Å². The third kappa shape index (κ3) is 5.47. The molecule has 0 spiro atoms. The average molecular weight is 544 g/mol. The van der Waals surface area contributed by atoms with Gasteiger partial charge >= 0.3 is 6.18 Å². The Morgan fingerprint density at radius 3 is 2.42 bits per heavy atom. The zero-order valence-electron chi connectivity index (χ0n) is 18.3. The Morgan fingerprint density at radius 1 is 1.11 bits per heavy atom. The summed E-state index contributed by atoms with van der Waals surface area (Å²) in [7, 11) is -4.02. The molecule has 190 valence electrons. The van der Waals surface area contributed by atoms with Crippen molar-refractivity contribution in [2.45, 2.75) is 36.5 Å². The van der Waals surface area contributed by atoms with Gasteiger partial charge in [-0.25, -0.2) is 22.8 Å². The molecule has 0 saturated carbocycles. The van der Waals surface area contributed by atoms with E-state index in [0.29, 0.717) is 18.4 Å². The van der Waals surface area contributed by atoms with Crippen LogP contribution in [0.15, 0.2) is 53.8 Å². The maximum Gasteiger partial charge on any atom is 0.451 e. The molecule has 1 aliphatic heterocycles. The number of carbonyl (C=O) groups is 1. The fourth-order valence-electron chi connectivity index (χ4n) is 3.71. The molecule has 1 atom stereocenters. The highest BCUT2D eigenvalue weighted by Crippen LogP contribution is 2.29. The van der Waals surface area contributed by atoms with E-state index in [-0.39, 0.29) is 34.3 Å². The zero-order chi connectivity index (χ0) is 26.1. The number of rotatable bonds is 6. The van der Waals surface area contributed by atoms with Gasteiger partial charge in [-0.1, -0.05) is 11.6 Å². The largest absolute Gasteiger partial charge is 0.451 e. The highest BCUT2D eigenvalue weighted by Gasteiger charge is 2.39. The number of halogens is 5. The molecule has 0 aliphatic carbocycles. The molecule has 1 aromatic carbocycles. The first-order valence-corrected chi connectivity index (χ1v) is 12.4. The Kier molecular flexibility index (Phi) is 7.25. The Morgan fingerprint density at radius 2 is 1.78 bits per heavy atom. The van der Waals surface area contributed by atoms with Crippen LogP contribution >= 0.6 is 11.6 Å². The van der Waals surface area contributed by atoms with Crippen molar-refractivity contribution in [2.75, 3.05) is 6.54 Å². The van der Waals surface area contributed by atoms with Gasteiger partial charge in [-0.15, -0.1) is 0 Å².